The minimum Gasteiger partial charge on any atom is -0.456 e. The number of allylic oxidation sites excluding steroid dienone is 11. The number of phosphoric ester groups is 1. The van der Waals surface area contributed by atoms with E-state index in [4.69, 9.17) is 13.8 Å². The first-order valence-electron chi connectivity index (χ1n) is 34.3. The Morgan fingerprint density at radius 1 is 0.444 bits per heavy atom. The van der Waals surface area contributed by atoms with Gasteiger partial charge in [-0.3, -0.25) is 18.6 Å². The average Bonchev–Trinajstić information content (AvgIpc) is 3.44. The quantitative estimate of drug-likeness (QED) is 0.0156. The maximum atomic E-state index is 13.6. The van der Waals surface area contributed by atoms with E-state index >= 15 is 0 Å². The largest absolute Gasteiger partial charge is 0.472 e. The molecule has 0 heterocycles. The number of rotatable bonds is 62. The normalized spacial score (nSPS) is 14.0. The van der Waals surface area contributed by atoms with Crippen LogP contribution in [0.15, 0.2) is 72.9 Å². The van der Waals surface area contributed by atoms with Gasteiger partial charge in [0.15, 0.2) is 0 Å². The molecule has 0 aromatic rings. The molecule has 3 atom stereocenters. The van der Waals surface area contributed by atoms with Crippen LogP contribution < -0.4 is 5.32 Å². The molecule has 0 fully saturated rings. The summed E-state index contributed by atoms with van der Waals surface area (Å²) in [5, 5.41) is 3.06. The van der Waals surface area contributed by atoms with E-state index in [2.05, 4.69) is 86.8 Å². The zero-order valence-electron chi connectivity index (χ0n) is 54.0. The molecule has 81 heavy (non-hydrogen) atoms. The number of nitrogens with zero attached hydrogens (tertiary/aromatic N) is 1. The lowest BCUT2D eigenvalue weighted by Gasteiger charge is -2.27. The molecule has 0 radical (unpaired) electrons. The summed E-state index contributed by atoms with van der Waals surface area (Å²) in [5.74, 6) is -0.512. The van der Waals surface area contributed by atoms with E-state index in [0.29, 0.717) is 17.4 Å². The lowest BCUT2D eigenvalue weighted by molar-refractivity contribution is -0.870. The van der Waals surface area contributed by atoms with Gasteiger partial charge in [-0.05, 0) is 96.0 Å². The Bertz CT molecular complexity index is 1620. The number of ether oxygens (including phenoxy) is 1. The monoisotopic (exact) mass is 1160 g/mol. The minimum atomic E-state index is -4.46. The fourth-order valence-electron chi connectivity index (χ4n) is 9.82. The molecule has 0 saturated heterocycles. The van der Waals surface area contributed by atoms with Crippen LogP contribution in [0.2, 0.25) is 0 Å². The molecule has 2 N–H and O–H groups in total. The fourth-order valence-corrected chi connectivity index (χ4v) is 10.6. The molecule has 0 bridgehead atoms. The summed E-state index contributed by atoms with van der Waals surface area (Å²) >= 11 is 0. The number of unbranched alkanes of at least 4 members (excludes halogenated alkanes) is 37. The number of esters is 1. The van der Waals surface area contributed by atoms with Crippen molar-refractivity contribution in [1.29, 1.82) is 0 Å². The lowest BCUT2D eigenvalue weighted by Crippen LogP contribution is -2.47. The van der Waals surface area contributed by atoms with Crippen LogP contribution in [0.1, 0.15) is 316 Å². The number of nitrogens with one attached hydrogen (secondary N) is 1. The van der Waals surface area contributed by atoms with Gasteiger partial charge in [-0.2, -0.15) is 0 Å². The van der Waals surface area contributed by atoms with Crippen LogP contribution in [-0.4, -0.2) is 74.3 Å². The van der Waals surface area contributed by atoms with Crippen LogP contribution in [0.25, 0.3) is 0 Å². The summed E-state index contributed by atoms with van der Waals surface area (Å²) in [6.45, 7) is 6.97. The SMILES string of the molecule is CCCCC/C=C\C/C=C\C/C=C\CCCCCCCCCCCCCCCCC(=O)OC(/C=C\CCCCCCCCCCCCC)C(COP(=O)(O)OCC[N+](C)(C)C)NC(=O)CCCCCCCC/C=C/C=C/CCCCC. The first-order valence-corrected chi connectivity index (χ1v) is 35.8. The second-order valence-electron chi connectivity index (χ2n) is 24.4. The van der Waals surface area contributed by atoms with Gasteiger partial charge >= 0.3 is 13.8 Å². The van der Waals surface area contributed by atoms with Crippen molar-refractivity contribution >= 4 is 19.7 Å². The van der Waals surface area contributed by atoms with Crippen molar-refractivity contribution < 1.29 is 37.3 Å². The number of amides is 1. The molecule has 0 rings (SSSR count). The van der Waals surface area contributed by atoms with E-state index in [1.165, 1.54) is 193 Å². The van der Waals surface area contributed by atoms with Crippen LogP contribution in [0.4, 0.5) is 0 Å². The van der Waals surface area contributed by atoms with Crippen molar-refractivity contribution in [1.82, 2.24) is 5.32 Å². The Hall–Kier alpha value is -2.55. The number of carbonyl (C=O) groups excluding carboxylic acids is 2. The van der Waals surface area contributed by atoms with Crippen molar-refractivity contribution in [2.45, 2.75) is 328 Å². The van der Waals surface area contributed by atoms with E-state index in [1.807, 2.05) is 33.3 Å². The highest BCUT2D eigenvalue weighted by atomic mass is 31.2. The van der Waals surface area contributed by atoms with Gasteiger partial charge in [-0.25, -0.2) is 4.57 Å². The maximum absolute atomic E-state index is 13.6. The Kier molecular flexibility index (Phi) is 58.7. The van der Waals surface area contributed by atoms with Crippen molar-refractivity contribution in [2.24, 2.45) is 0 Å². The smallest absolute Gasteiger partial charge is 0.456 e. The van der Waals surface area contributed by atoms with Crippen molar-refractivity contribution in [2.75, 3.05) is 40.9 Å². The molecule has 0 aromatic heterocycles. The first kappa shape index (κ1) is 78.5. The fraction of sp³-hybridized carbons (Fsp3) is 0.803. The van der Waals surface area contributed by atoms with Crippen LogP contribution in [0.5, 0.6) is 0 Å². The number of carbonyl (C=O) groups is 2. The second-order valence-corrected chi connectivity index (χ2v) is 25.8. The average molecular weight is 1160 g/mol. The third-order valence-electron chi connectivity index (χ3n) is 15.1. The van der Waals surface area contributed by atoms with Crippen LogP contribution in [-0.2, 0) is 27.9 Å². The number of hydrogen-bond acceptors (Lipinski definition) is 6. The van der Waals surface area contributed by atoms with E-state index in [0.717, 1.165) is 89.9 Å². The van der Waals surface area contributed by atoms with Gasteiger partial charge in [0.25, 0.3) is 0 Å². The third kappa shape index (κ3) is 61.8. The van der Waals surface area contributed by atoms with E-state index in [9.17, 15) is 19.0 Å². The van der Waals surface area contributed by atoms with Crippen LogP contribution in [0, 0.1) is 0 Å². The molecule has 0 aliphatic rings. The highest BCUT2D eigenvalue weighted by molar-refractivity contribution is 7.47. The zero-order chi connectivity index (χ0) is 59.3. The number of phosphoric acid groups is 1. The predicted molar refractivity (Wildman–Crippen MR) is 351 cm³/mol. The minimum absolute atomic E-state index is 0.0366. The molecule has 10 heteroatoms. The van der Waals surface area contributed by atoms with Crippen LogP contribution >= 0.6 is 7.82 Å². The highest BCUT2D eigenvalue weighted by Gasteiger charge is 2.30. The second kappa shape index (κ2) is 60.6. The van der Waals surface area contributed by atoms with Gasteiger partial charge in [-0.1, -0.05) is 280 Å². The number of hydrogen-bond donors (Lipinski definition) is 2. The summed E-state index contributed by atoms with van der Waals surface area (Å²) in [5.41, 5.74) is 0. The Morgan fingerprint density at radius 3 is 1.22 bits per heavy atom. The molecule has 0 aliphatic carbocycles. The molecule has 9 nitrogen and oxygen atoms in total. The standard InChI is InChI=1S/C71H131N2O7P/c1-7-10-13-16-19-22-25-28-30-31-32-33-34-35-36-37-38-39-40-41-43-46-49-52-55-58-61-64-71(75)80-69(62-59-56-53-50-47-44-27-24-21-18-15-12-9-3)68(67-79-81(76,77)78-66-65-73(4,5)6)72-70(74)63-60-57-54-51-48-45-42-29-26-23-20-17-14-11-8-2/h19-20,22-23,26,28-30,32-33,59,62,68-69H,7-18,21,24-25,27,31,34-58,60-61,63-67H2,1-6H3,(H-,72,74,76,77)/p+1/b22-19-,23-20+,29-26+,30-28-,33-32-,62-59-. The summed E-state index contributed by atoms with van der Waals surface area (Å²) in [4.78, 5) is 37.8. The van der Waals surface area contributed by atoms with Gasteiger partial charge in [0.05, 0.1) is 33.8 Å². The molecule has 472 valence electrons. The molecule has 3 unspecified atom stereocenters. The summed E-state index contributed by atoms with van der Waals surface area (Å²) in [6, 6.07) is -0.857. The van der Waals surface area contributed by atoms with Gasteiger partial charge in [0.1, 0.15) is 19.3 Å². The Morgan fingerprint density at radius 2 is 0.790 bits per heavy atom. The number of quaternary nitrogens is 1. The molecule has 0 aromatic carbocycles. The lowest BCUT2D eigenvalue weighted by atomic mass is 10.0. The third-order valence-corrected chi connectivity index (χ3v) is 16.1. The van der Waals surface area contributed by atoms with Crippen molar-refractivity contribution in [3.05, 3.63) is 72.9 Å². The summed E-state index contributed by atoms with van der Waals surface area (Å²) in [6.07, 6.45) is 79.1. The number of likely N-dealkylation sites (N-methyl/N-ethyl adjacent to an activating group) is 1. The topological polar surface area (TPSA) is 111 Å². The molecular weight excluding hydrogens is 1020 g/mol. The summed E-state index contributed by atoms with van der Waals surface area (Å²) in [7, 11) is 1.49. The van der Waals surface area contributed by atoms with Crippen molar-refractivity contribution in [3.63, 3.8) is 0 Å². The van der Waals surface area contributed by atoms with Crippen LogP contribution in [0.3, 0.4) is 0 Å². The first-order chi connectivity index (χ1) is 39.4. The summed E-state index contributed by atoms with van der Waals surface area (Å²) < 4.78 is 30.8. The molecule has 0 aliphatic heterocycles. The van der Waals surface area contributed by atoms with E-state index in [1.54, 1.807) is 0 Å². The molecule has 1 amide bonds. The molecule has 0 spiro atoms. The Labute approximate surface area is 502 Å². The Balaban J connectivity index is 5.07. The van der Waals surface area contributed by atoms with Gasteiger partial charge < -0.3 is 19.4 Å². The van der Waals surface area contributed by atoms with E-state index in [-0.39, 0.29) is 31.5 Å². The maximum Gasteiger partial charge on any atom is 0.472 e. The van der Waals surface area contributed by atoms with Crippen molar-refractivity contribution in [3.8, 4) is 0 Å². The predicted octanol–water partition coefficient (Wildman–Crippen LogP) is 21.6. The van der Waals surface area contributed by atoms with E-state index < -0.39 is 20.0 Å². The van der Waals surface area contributed by atoms with Gasteiger partial charge in [0.2, 0.25) is 5.91 Å². The van der Waals surface area contributed by atoms with Gasteiger partial charge in [-0.15, -0.1) is 0 Å². The molecular formula is C71H132N2O7P+. The highest BCUT2D eigenvalue weighted by Crippen LogP contribution is 2.43. The van der Waals surface area contributed by atoms with Gasteiger partial charge in [0, 0.05) is 12.8 Å². The molecule has 0 saturated carbocycles. The zero-order valence-corrected chi connectivity index (χ0v) is 54.9.